The molecule has 0 aliphatic carbocycles. The second kappa shape index (κ2) is 8.80. The van der Waals surface area contributed by atoms with Gasteiger partial charge < -0.3 is 19.3 Å². The number of aryl methyl sites for hydroxylation is 1. The van der Waals surface area contributed by atoms with Crippen LogP contribution in [0.25, 0.3) is 0 Å². The van der Waals surface area contributed by atoms with Gasteiger partial charge in [-0.15, -0.1) is 0 Å². The van der Waals surface area contributed by atoms with Gasteiger partial charge in [-0.1, -0.05) is 31.2 Å². The fourth-order valence-corrected chi connectivity index (χ4v) is 3.42. The second-order valence-corrected chi connectivity index (χ2v) is 6.82. The van der Waals surface area contributed by atoms with Crippen LogP contribution in [0.2, 0.25) is 0 Å². The number of hydrogen-bond donors (Lipinski definition) is 0. The molecule has 0 bridgehead atoms. The first-order valence-corrected chi connectivity index (χ1v) is 9.52. The van der Waals surface area contributed by atoms with Crippen molar-refractivity contribution in [3.63, 3.8) is 0 Å². The summed E-state index contributed by atoms with van der Waals surface area (Å²) in [5, 5.41) is 0. The Hall–Kier alpha value is -2.69. The Labute approximate surface area is 161 Å². The smallest absolute Gasteiger partial charge is 0.263 e. The third kappa shape index (κ3) is 4.54. The van der Waals surface area contributed by atoms with E-state index in [0.29, 0.717) is 19.5 Å². The standard InChI is InChI=1S/C22H28N2O3/c1-4-20(27-18-9-7-8-17(2)16-18)22(25)24-14-12-23(13-15-24)19-10-5-6-11-21(19)26-3/h5-11,16,20H,4,12-15H2,1-3H3/t20-/m0/s1. The summed E-state index contributed by atoms with van der Waals surface area (Å²) in [6.45, 7) is 6.95. The Kier molecular flexibility index (Phi) is 6.22. The summed E-state index contributed by atoms with van der Waals surface area (Å²) in [7, 11) is 1.69. The van der Waals surface area contributed by atoms with Crippen molar-refractivity contribution in [2.24, 2.45) is 0 Å². The molecule has 1 amide bonds. The summed E-state index contributed by atoms with van der Waals surface area (Å²) < 4.78 is 11.4. The molecule has 0 N–H and O–H groups in total. The molecule has 1 saturated heterocycles. The number of carbonyl (C=O) groups excluding carboxylic acids is 1. The van der Waals surface area contributed by atoms with Crippen molar-refractivity contribution >= 4 is 11.6 Å². The van der Waals surface area contributed by atoms with Crippen LogP contribution in [0.15, 0.2) is 48.5 Å². The molecule has 0 saturated carbocycles. The fraction of sp³-hybridized carbons (Fsp3) is 0.409. The summed E-state index contributed by atoms with van der Waals surface area (Å²) in [6.07, 6.45) is 0.212. The van der Waals surface area contributed by atoms with E-state index in [-0.39, 0.29) is 5.91 Å². The number of ether oxygens (including phenoxy) is 2. The zero-order chi connectivity index (χ0) is 19.2. The molecule has 0 unspecified atom stereocenters. The van der Waals surface area contributed by atoms with E-state index in [1.807, 2.05) is 61.2 Å². The van der Waals surface area contributed by atoms with E-state index in [1.165, 1.54) is 0 Å². The summed E-state index contributed by atoms with van der Waals surface area (Å²) in [4.78, 5) is 17.1. The van der Waals surface area contributed by atoms with E-state index in [0.717, 1.165) is 35.8 Å². The van der Waals surface area contributed by atoms with Gasteiger partial charge in [0.25, 0.3) is 5.91 Å². The first-order valence-electron chi connectivity index (χ1n) is 9.52. The van der Waals surface area contributed by atoms with Gasteiger partial charge >= 0.3 is 0 Å². The Bertz CT molecular complexity index is 770. The van der Waals surface area contributed by atoms with Gasteiger partial charge in [0.1, 0.15) is 11.5 Å². The predicted molar refractivity (Wildman–Crippen MR) is 108 cm³/mol. The van der Waals surface area contributed by atoms with Crippen molar-refractivity contribution in [3.05, 3.63) is 54.1 Å². The van der Waals surface area contributed by atoms with E-state index < -0.39 is 6.10 Å². The molecule has 3 rings (SSSR count). The topological polar surface area (TPSA) is 42.0 Å². The fourth-order valence-electron chi connectivity index (χ4n) is 3.42. The molecule has 1 aliphatic heterocycles. The van der Waals surface area contributed by atoms with Crippen molar-refractivity contribution in [3.8, 4) is 11.5 Å². The molecule has 1 fully saturated rings. The van der Waals surface area contributed by atoms with Gasteiger partial charge in [-0.25, -0.2) is 0 Å². The largest absolute Gasteiger partial charge is 0.495 e. The average Bonchev–Trinajstić information content (AvgIpc) is 2.71. The van der Waals surface area contributed by atoms with Crippen LogP contribution in [0.4, 0.5) is 5.69 Å². The molecule has 0 radical (unpaired) electrons. The Morgan fingerprint density at radius 2 is 1.81 bits per heavy atom. The number of nitrogens with zero attached hydrogens (tertiary/aromatic N) is 2. The molecule has 0 spiro atoms. The first kappa shape index (κ1) is 19.1. The average molecular weight is 368 g/mol. The highest BCUT2D eigenvalue weighted by Crippen LogP contribution is 2.28. The van der Waals surface area contributed by atoms with Gasteiger partial charge in [0.15, 0.2) is 6.10 Å². The van der Waals surface area contributed by atoms with Gasteiger partial charge in [-0.05, 0) is 43.2 Å². The Balaban J connectivity index is 1.61. The minimum absolute atomic E-state index is 0.0682. The minimum Gasteiger partial charge on any atom is -0.495 e. The number of amides is 1. The molecular formula is C22H28N2O3. The number of para-hydroxylation sites is 2. The quantitative estimate of drug-likeness (QED) is 0.783. The summed E-state index contributed by atoms with van der Waals surface area (Å²) in [5.41, 5.74) is 2.20. The Morgan fingerprint density at radius 3 is 2.48 bits per heavy atom. The van der Waals surface area contributed by atoms with Gasteiger partial charge in [-0.2, -0.15) is 0 Å². The monoisotopic (exact) mass is 368 g/mol. The first-order chi connectivity index (χ1) is 13.1. The van der Waals surface area contributed by atoms with E-state index in [9.17, 15) is 4.79 Å². The summed E-state index contributed by atoms with van der Waals surface area (Å²) in [5.74, 6) is 1.69. The van der Waals surface area contributed by atoms with Crippen LogP contribution < -0.4 is 14.4 Å². The molecule has 0 aromatic heterocycles. The SMILES string of the molecule is CC[C@H](Oc1cccc(C)c1)C(=O)N1CCN(c2ccccc2OC)CC1. The van der Waals surface area contributed by atoms with Gasteiger partial charge in [0, 0.05) is 26.2 Å². The molecule has 5 nitrogen and oxygen atoms in total. The van der Waals surface area contributed by atoms with Gasteiger partial charge in [0.2, 0.25) is 0 Å². The van der Waals surface area contributed by atoms with Crippen molar-refractivity contribution in [1.82, 2.24) is 4.90 Å². The van der Waals surface area contributed by atoms with Crippen LogP contribution in [0.5, 0.6) is 11.5 Å². The number of benzene rings is 2. The van der Waals surface area contributed by atoms with Gasteiger partial charge in [-0.3, -0.25) is 4.79 Å². The van der Waals surface area contributed by atoms with Crippen LogP contribution >= 0.6 is 0 Å². The maximum atomic E-state index is 12.9. The maximum absolute atomic E-state index is 12.9. The summed E-state index contributed by atoms with van der Waals surface area (Å²) >= 11 is 0. The highest BCUT2D eigenvalue weighted by molar-refractivity contribution is 5.81. The molecule has 27 heavy (non-hydrogen) atoms. The summed E-state index contributed by atoms with van der Waals surface area (Å²) in [6, 6.07) is 15.9. The van der Waals surface area contributed by atoms with Crippen molar-refractivity contribution in [2.45, 2.75) is 26.4 Å². The molecular weight excluding hydrogens is 340 g/mol. The van der Waals surface area contributed by atoms with E-state index >= 15 is 0 Å². The molecule has 2 aromatic rings. The van der Waals surface area contributed by atoms with E-state index in [1.54, 1.807) is 7.11 Å². The second-order valence-electron chi connectivity index (χ2n) is 6.82. The zero-order valence-electron chi connectivity index (χ0n) is 16.4. The lowest BCUT2D eigenvalue weighted by Crippen LogP contribution is -2.52. The molecule has 2 aromatic carbocycles. The third-order valence-corrected chi connectivity index (χ3v) is 4.93. The number of anilines is 1. The van der Waals surface area contributed by atoms with Crippen LogP contribution in [0.1, 0.15) is 18.9 Å². The number of piperazine rings is 1. The Morgan fingerprint density at radius 1 is 1.07 bits per heavy atom. The maximum Gasteiger partial charge on any atom is 0.263 e. The van der Waals surface area contributed by atoms with Crippen molar-refractivity contribution < 1.29 is 14.3 Å². The van der Waals surface area contributed by atoms with Gasteiger partial charge in [0.05, 0.1) is 12.8 Å². The number of carbonyl (C=O) groups is 1. The normalized spacial score (nSPS) is 15.4. The molecule has 1 heterocycles. The molecule has 5 heteroatoms. The lowest BCUT2D eigenvalue weighted by atomic mass is 10.2. The predicted octanol–water partition coefficient (Wildman–Crippen LogP) is 3.51. The zero-order valence-corrected chi connectivity index (χ0v) is 16.4. The number of methoxy groups -OCH3 is 1. The third-order valence-electron chi connectivity index (χ3n) is 4.93. The number of hydrogen-bond acceptors (Lipinski definition) is 4. The molecule has 144 valence electrons. The lowest BCUT2D eigenvalue weighted by Gasteiger charge is -2.37. The van der Waals surface area contributed by atoms with Crippen LogP contribution in [0, 0.1) is 6.92 Å². The van der Waals surface area contributed by atoms with E-state index in [4.69, 9.17) is 9.47 Å². The highest BCUT2D eigenvalue weighted by atomic mass is 16.5. The highest BCUT2D eigenvalue weighted by Gasteiger charge is 2.28. The number of rotatable bonds is 6. The molecule has 1 atom stereocenters. The van der Waals surface area contributed by atoms with Crippen LogP contribution in [-0.4, -0.2) is 50.2 Å². The molecule has 1 aliphatic rings. The van der Waals surface area contributed by atoms with Crippen LogP contribution in [-0.2, 0) is 4.79 Å². The van der Waals surface area contributed by atoms with E-state index in [2.05, 4.69) is 11.0 Å². The van der Waals surface area contributed by atoms with Crippen LogP contribution in [0.3, 0.4) is 0 Å². The minimum atomic E-state index is -0.440. The van der Waals surface area contributed by atoms with Crippen molar-refractivity contribution in [1.29, 1.82) is 0 Å². The lowest BCUT2D eigenvalue weighted by molar-refractivity contribution is -0.139. The van der Waals surface area contributed by atoms with Crippen molar-refractivity contribution in [2.75, 3.05) is 38.2 Å².